The number of amides is 2. The zero-order chi connectivity index (χ0) is 67.8. The highest BCUT2D eigenvalue weighted by Gasteiger charge is 2.29. The zero-order valence-electron chi connectivity index (χ0n) is 57.4. The van der Waals surface area contributed by atoms with E-state index in [2.05, 4.69) is 157 Å². The van der Waals surface area contributed by atoms with E-state index in [-0.39, 0.29) is 36.5 Å². The Morgan fingerprint density at radius 1 is 0.505 bits per heavy atom. The lowest BCUT2D eigenvalue weighted by Crippen LogP contribution is -2.47. The van der Waals surface area contributed by atoms with E-state index in [0.717, 1.165) is 101 Å². The second kappa shape index (κ2) is 48.5. The van der Waals surface area contributed by atoms with Gasteiger partial charge in [-0.25, -0.2) is 4.79 Å². The Labute approximate surface area is 573 Å². The number of likely N-dealkylation sites (tertiary alicyclic amines) is 1. The lowest BCUT2D eigenvalue weighted by molar-refractivity contribution is -0.141. The van der Waals surface area contributed by atoms with Crippen LogP contribution in [0.2, 0.25) is 0 Å². The number of ketones is 1. The highest BCUT2D eigenvalue weighted by molar-refractivity contribution is 7.22. The maximum atomic E-state index is 14.8. The summed E-state index contributed by atoms with van der Waals surface area (Å²) in [6.45, 7) is 13.8. The van der Waals surface area contributed by atoms with Crippen LogP contribution in [0.1, 0.15) is 185 Å². The van der Waals surface area contributed by atoms with Crippen LogP contribution in [0.5, 0.6) is 17.2 Å². The average molecular weight is 1310 g/mol. The largest absolute Gasteiger partial charge is 0.492 e. The van der Waals surface area contributed by atoms with Gasteiger partial charge in [-0.3, -0.25) is 24.1 Å². The Bertz CT molecular complexity index is 3290. The average Bonchev–Trinajstić information content (AvgIpc) is 1.63. The minimum atomic E-state index is -0.852. The van der Waals surface area contributed by atoms with Crippen molar-refractivity contribution in [3.05, 3.63) is 224 Å². The van der Waals surface area contributed by atoms with E-state index >= 15 is 0 Å². The molecule has 508 valence electrons. The summed E-state index contributed by atoms with van der Waals surface area (Å²) < 4.78 is 18.8. The normalized spacial score (nSPS) is 14.6. The van der Waals surface area contributed by atoms with Crippen LogP contribution in [0.3, 0.4) is 0 Å². The molecule has 1 saturated heterocycles. The van der Waals surface area contributed by atoms with Crippen molar-refractivity contribution >= 4 is 51.0 Å². The summed E-state index contributed by atoms with van der Waals surface area (Å²) in [6.07, 6.45) is 69.3. The van der Waals surface area contributed by atoms with Gasteiger partial charge in [0.05, 0.1) is 5.92 Å². The number of hydrogen-bond donors (Lipinski definition) is 2. The quantitative estimate of drug-likeness (QED) is 0.0192. The number of hydrogen-bond acceptors (Lipinski definition) is 10. The van der Waals surface area contributed by atoms with Gasteiger partial charge < -0.3 is 24.8 Å². The van der Waals surface area contributed by atoms with Gasteiger partial charge in [0.2, 0.25) is 11.8 Å². The smallest absolute Gasteiger partial charge is 0.334 e. The van der Waals surface area contributed by atoms with E-state index < -0.39 is 23.9 Å². The van der Waals surface area contributed by atoms with E-state index in [0.29, 0.717) is 82.9 Å². The number of fused-ring (bicyclic) bond motifs is 1. The van der Waals surface area contributed by atoms with Crippen LogP contribution in [0.15, 0.2) is 213 Å². The van der Waals surface area contributed by atoms with Crippen LogP contribution < -0.4 is 24.8 Å². The Morgan fingerprint density at radius 3 is 1.44 bits per heavy atom. The first-order valence-corrected chi connectivity index (χ1v) is 35.8. The fourth-order valence-corrected chi connectivity index (χ4v) is 11.5. The Balaban J connectivity index is 1.15. The lowest BCUT2D eigenvalue weighted by Gasteiger charge is -2.26. The Kier molecular flexibility index (Phi) is 39.6. The summed E-state index contributed by atoms with van der Waals surface area (Å²) in [5.74, 6) is -1.02. The molecular formula is C83H107N3O8S. The van der Waals surface area contributed by atoms with Crippen molar-refractivity contribution < 1.29 is 38.2 Å². The van der Waals surface area contributed by atoms with Gasteiger partial charge in [0.25, 0.3) is 0 Å². The predicted molar refractivity (Wildman–Crippen MR) is 397 cm³/mol. The monoisotopic (exact) mass is 1310 g/mol. The van der Waals surface area contributed by atoms with Crippen molar-refractivity contribution in [3.8, 4) is 27.7 Å². The highest BCUT2D eigenvalue weighted by Crippen LogP contribution is 2.42. The number of rotatable bonds is 45. The van der Waals surface area contributed by atoms with Crippen molar-refractivity contribution in [2.45, 2.75) is 175 Å². The van der Waals surface area contributed by atoms with Crippen LogP contribution in [-0.2, 0) is 19.2 Å². The molecule has 5 rings (SSSR count). The molecule has 2 amide bonds. The van der Waals surface area contributed by atoms with E-state index in [1.807, 2.05) is 69.3 Å². The molecule has 0 saturated carbocycles. The fraction of sp³-hybridized carbons (Fsp3) is 0.410. The zero-order valence-corrected chi connectivity index (χ0v) is 58.3. The first kappa shape index (κ1) is 77.5. The highest BCUT2D eigenvalue weighted by atomic mass is 32.1. The summed E-state index contributed by atoms with van der Waals surface area (Å²) in [6, 6.07) is 18.7. The number of piperidine rings is 1. The summed E-state index contributed by atoms with van der Waals surface area (Å²) in [7, 11) is 0. The van der Waals surface area contributed by atoms with E-state index in [1.54, 1.807) is 36.4 Å². The Morgan fingerprint density at radius 2 is 0.958 bits per heavy atom. The minimum Gasteiger partial charge on any atom is -0.492 e. The molecular weight excluding hydrogens is 1200 g/mol. The number of benzene rings is 3. The van der Waals surface area contributed by atoms with Crippen LogP contribution in [0, 0.1) is 11.8 Å². The van der Waals surface area contributed by atoms with Crippen LogP contribution in [0.25, 0.3) is 20.5 Å². The summed E-state index contributed by atoms with van der Waals surface area (Å²) in [5, 5.41) is 6.56. The van der Waals surface area contributed by atoms with Crippen LogP contribution >= 0.6 is 11.3 Å². The molecule has 95 heavy (non-hydrogen) atoms. The van der Waals surface area contributed by atoms with Crippen molar-refractivity contribution in [1.29, 1.82) is 0 Å². The third-order valence-corrected chi connectivity index (χ3v) is 17.3. The van der Waals surface area contributed by atoms with Gasteiger partial charge in [-0.2, -0.15) is 0 Å². The topological polar surface area (TPSA) is 140 Å². The van der Waals surface area contributed by atoms with Crippen LogP contribution in [0.4, 0.5) is 0 Å². The molecule has 2 heterocycles. The van der Waals surface area contributed by atoms with Gasteiger partial charge in [-0.1, -0.05) is 193 Å². The first-order valence-electron chi connectivity index (χ1n) is 35.0. The number of carbonyl (C=O) groups excluding carboxylic acids is 5. The maximum Gasteiger partial charge on any atom is 0.334 e. The van der Waals surface area contributed by atoms with E-state index in [4.69, 9.17) is 14.2 Å². The molecule has 1 aromatic heterocycles. The third-order valence-electron chi connectivity index (χ3n) is 16.1. The van der Waals surface area contributed by atoms with Crippen molar-refractivity contribution in [2.24, 2.45) is 11.8 Å². The number of carbonyl (C=O) groups is 5. The molecule has 0 radical (unpaired) electrons. The number of esters is 2. The van der Waals surface area contributed by atoms with Gasteiger partial charge in [-0.05, 0) is 200 Å². The second-order valence-electron chi connectivity index (χ2n) is 23.7. The fourth-order valence-electron chi connectivity index (χ4n) is 10.3. The molecule has 4 aromatic rings. The molecule has 3 atom stereocenters. The van der Waals surface area contributed by atoms with E-state index in [9.17, 15) is 24.0 Å². The van der Waals surface area contributed by atoms with Gasteiger partial charge in [-0.15, -0.1) is 11.3 Å². The second-order valence-corrected chi connectivity index (χ2v) is 24.7. The maximum absolute atomic E-state index is 14.8. The SMILES string of the molecule is CC/C=C\C/C=C\C/C=C\C/C=C\C/C=C\C/C=C\CCC(=O)NC[C@H](CC)C(=O)Oc1ccc2c(C(=O)c3ccc(OCCN4CCCCC4)cc3)c(-c3ccc(OC(=O)[C@H](NC(=O)CC/C=C\C/C=C\C/C=C\C/C=C\C/C=C\C/C=C\CC)C(C)CC)cc3)sc2c1. The summed E-state index contributed by atoms with van der Waals surface area (Å²) in [5.41, 5.74) is 1.68. The molecule has 2 N–H and O–H groups in total. The van der Waals surface area contributed by atoms with Gasteiger partial charge in [0.15, 0.2) is 5.78 Å². The summed E-state index contributed by atoms with van der Waals surface area (Å²) in [4.78, 5) is 71.5. The minimum absolute atomic E-state index is 0.135. The van der Waals surface area contributed by atoms with Gasteiger partial charge in [0.1, 0.15) is 29.9 Å². The van der Waals surface area contributed by atoms with Crippen molar-refractivity contribution in [1.82, 2.24) is 15.5 Å². The number of nitrogens with one attached hydrogen (secondary N) is 2. The van der Waals surface area contributed by atoms with E-state index in [1.165, 1.54) is 30.6 Å². The molecule has 1 aliphatic rings. The lowest BCUT2D eigenvalue weighted by atomic mass is 9.97. The number of nitrogens with zero attached hydrogens (tertiary/aromatic N) is 1. The van der Waals surface area contributed by atoms with Crippen molar-refractivity contribution in [2.75, 3.05) is 32.8 Å². The first-order chi connectivity index (χ1) is 46.5. The standard InChI is InChI=1S/C83H107N3O8S/c1-6-10-12-14-16-18-20-22-24-26-28-30-32-34-36-38-40-42-45-49-76(87)84-66-68(9-4)82(90)94-73-59-60-74-75(65-73)95-81(78(74)80(89)69-51-55-71(56-52-69)92-64-63-86-61-47-44-48-62-86)70-53-57-72(58-54-70)93-83(91)79(67(5)8-3)85-77(88)50-46-43-41-39-37-35-33-31-29-27-25-23-21-19-17-15-13-11-7-2/h10-13,16-19,22-25,28-31,34-37,40-43,51-60,65,67-68,79H,6-9,14-15,20-21,26-27,32-33,38-39,44-50,61-64,66H2,1-5H3,(H,84,87)(H,85,88)/b12-10-,13-11-,18-16-,19-17-,24-22-,25-23-,30-28-,31-29-,36-34-,37-35-,42-40-,43-41-/t67?,68-,79+/m0/s1. The molecule has 0 spiro atoms. The molecule has 11 nitrogen and oxygen atoms in total. The molecule has 0 aliphatic carbocycles. The van der Waals surface area contributed by atoms with Gasteiger partial charge >= 0.3 is 11.9 Å². The molecule has 0 bridgehead atoms. The molecule has 1 unspecified atom stereocenters. The number of allylic oxidation sites excluding steroid dienone is 24. The molecule has 12 heteroatoms. The number of thiophene rings is 1. The van der Waals surface area contributed by atoms with Gasteiger partial charge in [0, 0.05) is 52.0 Å². The summed E-state index contributed by atoms with van der Waals surface area (Å²) >= 11 is 1.39. The van der Waals surface area contributed by atoms with Crippen LogP contribution in [-0.4, -0.2) is 73.3 Å². The Hall–Kier alpha value is -8.19. The van der Waals surface area contributed by atoms with Crippen molar-refractivity contribution in [3.63, 3.8) is 0 Å². The molecule has 1 fully saturated rings. The third kappa shape index (κ3) is 31.7. The predicted octanol–water partition coefficient (Wildman–Crippen LogP) is 20.1. The molecule has 1 aliphatic heterocycles. The number of ether oxygens (including phenoxy) is 3. The molecule has 3 aromatic carbocycles.